The summed E-state index contributed by atoms with van der Waals surface area (Å²) in [6.07, 6.45) is 0. The number of fused-ring (bicyclic) bond motifs is 3. The van der Waals surface area contributed by atoms with E-state index in [1.807, 2.05) is 41.8 Å². The minimum absolute atomic E-state index is 0.0285. The van der Waals surface area contributed by atoms with Gasteiger partial charge >= 0.3 is 0 Å². The largest absolute Gasteiger partial charge is 0.289 e. The lowest BCUT2D eigenvalue weighted by atomic mass is 9.79. The molecule has 0 unspecified atom stereocenters. The van der Waals surface area contributed by atoms with Gasteiger partial charge in [-0.25, -0.2) is 0 Å². The average Bonchev–Trinajstić information content (AvgIpc) is 3.04. The van der Waals surface area contributed by atoms with Crippen molar-refractivity contribution in [1.82, 2.24) is 0 Å². The maximum absolute atomic E-state index is 12.8. The second-order valence-corrected chi connectivity index (χ2v) is 6.15. The standard InChI is InChI=1S/C19H8N2OS/c20-9-12(10-21)18-13-3-1-2-4-14(13)19(22)16-8-17-11(5-6-23-17)7-15(16)18/h1-8H. The summed E-state index contributed by atoms with van der Waals surface area (Å²) in [6, 6.07) is 16.8. The van der Waals surface area contributed by atoms with Crippen LogP contribution < -0.4 is 0 Å². The van der Waals surface area contributed by atoms with Gasteiger partial charge in [0.1, 0.15) is 17.7 Å². The van der Waals surface area contributed by atoms with Gasteiger partial charge in [-0.2, -0.15) is 10.5 Å². The van der Waals surface area contributed by atoms with Gasteiger partial charge in [0.2, 0.25) is 0 Å². The molecule has 1 aliphatic carbocycles. The highest BCUT2D eigenvalue weighted by molar-refractivity contribution is 7.17. The summed E-state index contributed by atoms with van der Waals surface area (Å²) >= 11 is 1.57. The Balaban J connectivity index is 2.19. The van der Waals surface area contributed by atoms with E-state index >= 15 is 0 Å². The Kier molecular flexibility index (Phi) is 2.87. The number of hydrogen-bond donors (Lipinski definition) is 0. The van der Waals surface area contributed by atoms with Crippen molar-refractivity contribution in [3.63, 3.8) is 0 Å². The fourth-order valence-electron chi connectivity index (χ4n) is 3.00. The van der Waals surface area contributed by atoms with E-state index in [0.717, 1.165) is 10.1 Å². The Morgan fingerprint density at radius 3 is 2.39 bits per heavy atom. The highest BCUT2D eigenvalue weighted by atomic mass is 32.1. The molecule has 0 amide bonds. The minimum atomic E-state index is -0.0649. The van der Waals surface area contributed by atoms with Gasteiger partial charge in [-0.05, 0) is 40.1 Å². The number of thiophene rings is 1. The molecule has 0 atom stereocenters. The third kappa shape index (κ3) is 1.83. The highest BCUT2D eigenvalue weighted by Gasteiger charge is 2.29. The van der Waals surface area contributed by atoms with Crippen LogP contribution in [0.15, 0.2) is 53.4 Å². The molecule has 1 aromatic heterocycles. The number of carbonyl (C=O) groups excluding carboxylic acids is 1. The molecular weight excluding hydrogens is 304 g/mol. The normalized spacial score (nSPS) is 12.3. The first-order valence-corrected chi connectivity index (χ1v) is 7.82. The Bertz CT molecular complexity index is 1090. The molecule has 0 saturated heterocycles. The van der Waals surface area contributed by atoms with Crippen LogP contribution in [-0.2, 0) is 0 Å². The van der Waals surface area contributed by atoms with Crippen LogP contribution in [0.25, 0.3) is 15.7 Å². The number of ketones is 1. The molecule has 0 bridgehead atoms. The topological polar surface area (TPSA) is 64.7 Å². The molecule has 0 spiro atoms. The zero-order valence-corrected chi connectivity index (χ0v) is 12.6. The first-order chi connectivity index (χ1) is 11.2. The van der Waals surface area contributed by atoms with Gasteiger partial charge in [-0.3, -0.25) is 4.79 Å². The molecule has 3 aromatic rings. The fourth-order valence-corrected chi connectivity index (χ4v) is 3.81. The van der Waals surface area contributed by atoms with Gasteiger partial charge in [0.25, 0.3) is 0 Å². The number of benzene rings is 2. The summed E-state index contributed by atoms with van der Waals surface area (Å²) in [6.45, 7) is 0. The molecule has 4 heteroatoms. The van der Waals surface area contributed by atoms with Crippen LogP contribution in [0.4, 0.5) is 0 Å². The number of rotatable bonds is 0. The molecule has 106 valence electrons. The van der Waals surface area contributed by atoms with E-state index in [1.165, 1.54) is 0 Å². The van der Waals surface area contributed by atoms with Crippen LogP contribution in [0.3, 0.4) is 0 Å². The minimum Gasteiger partial charge on any atom is -0.289 e. The Hall–Kier alpha value is -3.21. The molecule has 0 N–H and O–H groups in total. The number of carbonyl (C=O) groups is 1. The number of allylic oxidation sites excluding steroid dienone is 1. The molecule has 23 heavy (non-hydrogen) atoms. The monoisotopic (exact) mass is 312 g/mol. The summed E-state index contributed by atoms with van der Waals surface area (Å²) in [5.74, 6) is -0.0649. The summed E-state index contributed by atoms with van der Waals surface area (Å²) in [5, 5.41) is 21.7. The van der Waals surface area contributed by atoms with Crippen LogP contribution in [0.5, 0.6) is 0 Å². The molecule has 0 aliphatic heterocycles. The van der Waals surface area contributed by atoms with E-state index in [-0.39, 0.29) is 11.4 Å². The van der Waals surface area contributed by atoms with E-state index in [2.05, 4.69) is 0 Å². The van der Waals surface area contributed by atoms with Gasteiger partial charge in [0, 0.05) is 21.4 Å². The van der Waals surface area contributed by atoms with Crippen LogP contribution in [0.2, 0.25) is 0 Å². The van der Waals surface area contributed by atoms with E-state index in [4.69, 9.17) is 0 Å². The SMILES string of the molecule is N#CC(C#N)=C1c2ccccc2C(=O)c2cc3sccc3cc21. The summed E-state index contributed by atoms with van der Waals surface area (Å²) in [4.78, 5) is 12.8. The summed E-state index contributed by atoms with van der Waals surface area (Å²) in [7, 11) is 0. The van der Waals surface area contributed by atoms with E-state index in [9.17, 15) is 15.3 Å². The molecular formula is C19H8N2OS. The van der Waals surface area contributed by atoms with E-state index < -0.39 is 0 Å². The molecule has 4 rings (SSSR count). The lowest BCUT2D eigenvalue weighted by Gasteiger charge is -2.21. The quantitative estimate of drug-likeness (QED) is 0.455. The lowest BCUT2D eigenvalue weighted by molar-refractivity contribution is 0.103. The van der Waals surface area contributed by atoms with Crippen LogP contribution in [-0.4, -0.2) is 5.78 Å². The lowest BCUT2D eigenvalue weighted by Crippen LogP contribution is -2.15. The summed E-state index contributed by atoms with van der Waals surface area (Å²) in [5.41, 5.74) is 2.98. The highest BCUT2D eigenvalue weighted by Crippen LogP contribution is 2.40. The van der Waals surface area contributed by atoms with Crippen molar-refractivity contribution < 1.29 is 4.79 Å². The number of nitriles is 2. The maximum atomic E-state index is 12.8. The van der Waals surface area contributed by atoms with Gasteiger partial charge in [0.15, 0.2) is 5.78 Å². The van der Waals surface area contributed by atoms with Crippen molar-refractivity contribution in [2.45, 2.75) is 0 Å². The molecule has 0 saturated carbocycles. The third-order valence-electron chi connectivity index (χ3n) is 4.02. The van der Waals surface area contributed by atoms with Gasteiger partial charge in [-0.15, -0.1) is 11.3 Å². The van der Waals surface area contributed by atoms with E-state index in [0.29, 0.717) is 27.8 Å². The smallest absolute Gasteiger partial charge is 0.194 e. The van der Waals surface area contributed by atoms with Crippen LogP contribution in [0.1, 0.15) is 27.0 Å². The van der Waals surface area contributed by atoms with Gasteiger partial charge in [0.05, 0.1) is 0 Å². The second kappa shape index (κ2) is 4.91. The van der Waals surface area contributed by atoms with Crippen molar-refractivity contribution in [3.8, 4) is 12.1 Å². The Morgan fingerprint density at radius 1 is 0.913 bits per heavy atom. The third-order valence-corrected chi connectivity index (χ3v) is 4.90. The predicted molar refractivity (Wildman–Crippen MR) is 88.9 cm³/mol. The molecule has 0 radical (unpaired) electrons. The Labute approximate surface area is 136 Å². The first kappa shape index (κ1) is 13.5. The van der Waals surface area contributed by atoms with Gasteiger partial charge in [-0.1, -0.05) is 24.3 Å². The zero-order chi connectivity index (χ0) is 16.0. The molecule has 3 nitrogen and oxygen atoms in total. The van der Waals surface area contributed by atoms with Gasteiger partial charge < -0.3 is 0 Å². The molecule has 1 aliphatic rings. The number of hydrogen-bond acceptors (Lipinski definition) is 4. The zero-order valence-electron chi connectivity index (χ0n) is 11.8. The average molecular weight is 312 g/mol. The van der Waals surface area contributed by atoms with Crippen molar-refractivity contribution in [3.05, 3.63) is 75.7 Å². The summed E-state index contributed by atoms with van der Waals surface area (Å²) < 4.78 is 1.02. The van der Waals surface area contributed by atoms with Crippen molar-refractivity contribution in [1.29, 1.82) is 10.5 Å². The molecule has 0 fully saturated rings. The van der Waals surface area contributed by atoms with Crippen molar-refractivity contribution >= 4 is 32.8 Å². The molecule has 2 aromatic carbocycles. The maximum Gasteiger partial charge on any atom is 0.194 e. The predicted octanol–water partition coefficient (Wildman–Crippen LogP) is 4.29. The van der Waals surface area contributed by atoms with Crippen LogP contribution >= 0.6 is 11.3 Å². The molecule has 1 heterocycles. The Morgan fingerprint density at radius 2 is 1.65 bits per heavy atom. The number of nitrogens with zero attached hydrogens (tertiary/aromatic N) is 2. The second-order valence-electron chi connectivity index (χ2n) is 5.20. The van der Waals surface area contributed by atoms with Crippen LogP contribution in [0, 0.1) is 22.7 Å². The van der Waals surface area contributed by atoms with Crippen molar-refractivity contribution in [2.75, 3.05) is 0 Å². The van der Waals surface area contributed by atoms with E-state index in [1.54, 1.807) is 29.5 Å². The van der Waals surface area contributed by atoms with Crippen molar-refractivity contribution in [2.24, 2.45) is 0 Å². The first-order valence-electron chi connectivity index (χ1n) is 6.95. The fraction of sp³-hybridized carbons (Fsp3) is 0.